The van der Waals surface area contributed by atoms with Crippen LogP contribution in [0.3, 0.4) is 0 Å². The van der Waals surface area contributed by atoms with Gasteiger partial charge in [-0.3, -0.25) is 4.79 Å². The number of aromatic amines is 1. The van der Waals surface area contributed by atoms with Crippen molar-refractivity contribution in [2.75, 3.05) is 6.54 Å². The van der Waals surface area contributed by atoms with Crippen LogP contribution in [0.5, 0.6) is 0 Å². The number of amides is 1. The summed E-state index contributed by atoms with van der Waals surface area (Å²) in [6, 6.07) is 14.8. The van der Waals surface area contributed by atoms with Crippen molar-refractivity contribution >= 4 is 16.9 Å². The van der Waals surface area contributed by atoms with E-state index < -0.39 is 0 Å². The molecular formula is C24H27FN4O. The van der Waals surface area contributed by atoms with E-state index in [1.807, 2.05) is 35.2 Å². The van der Waals surface area contributed by atoms with Crippen LogP contribution in [0, 0.1) is 11.7 Å². The second-order valence-corrected chi connectivity index (χ2v) is 8.58. The van der Waals surface area contributed by atoms with Crippen molar-refractivity contribution < 1.29 is 9.18 Å². The molecule has 3 aromatic rings. The van der Waals surface area contributed by atoms with E-state index in [1.54, 1.807) is 12.1 Å². The number of hydrogen-bond donors (Lipinski definition) is 2. The Hall–Kier alpha value is -2.73. The summed E-state index contributed by atoms with van der Waals surface area (Å²) in [7, 11) is 0. The monoisotopic (exact) mass is 406 g/mol. The van der Waals surface area contributed by atoms with E-state index >= 15 is 0 Å². The van der Waals surface area contributed by atoms with Gasteiger partial charge in [-0.2, -0.15) is 0 Å². The highest BCUT2D eigenvalue weighted by atomic mass is 19.1. The Morgan fingerprint density at radius 1 is 1.30 bits per heavy atom. The minimum absolute atomic E-state index is 0.0100. The first-order valence-corrected chi connectivity index (χ1v) is 10.9. The maximum Gasteiger partial charge on any atom is 0.290 e. The summed E-state index contributed by atoms with van der Waals surface area (Å²) >= 11 is 0. The molecule has 2 aliphatic rings. The number of rotatable bonds is 6. The molecule has 0 aliphatic heterocycles. The fourth-order valence-electron chi connectivity index (χ4n) is 5.67. The molecule has 30 heavy (non-hydrogen) atoms. The molecule has 1 amide bonds. The van der Waals surface area contributed by atoms with Gasteiger partial charge in [-0.15, -0.1) is 0 Å². The number of hydrogen-bond acceptors (Lipinski definition) is 3. The smallest absolute Gasteiger partial charge is 0.290 e. The van der Waals surface area contributed by atoms with Crippen molar-refractivity contribution in [3.63, 3.8) is 0 Å². The number of nitrogens with zero attached hydrogens (tertiary/aromatic N) is 2. The second-order valence-electron chi connectivity index (χ2n) is 8.58. The normalized spacial score (nSPS) is 25.1. The minimum Gasteiger partial charge on any atom is -0.334 e. The third kappa shape index (κ3) is 3.10. The number of para-hydroxylation sites is 2. The molecule has 1 unspecified atom stereocenters. The Morgan fingerprint density at radius 3 is 2.97 bits per heavy atom. The second kappa shape index (κ2) is 7.51. The van der Waals surface area contributed by atoms with Gasteiger partial charge in [-0.25, -0.2) is 9.37 Å². The first-order valence-electron chi connectivity index (χ1n) is 10.9. The van der Waals surface area contributed by atoms with Crippen LogP contribution in [0.25, 0.3) is 11.0 Å². The summed E-state index contributed by atoms with van der Waals surface area (Å²) in [5.74, 6) is 0.643. The van der Waals surface area contributed by atoms with Crippen LogP contribution in [-0.4, -0.2) is 38.9 Å². The van der Waals surface area contributed by atoms with Crippen molar-refractivity contribution in [3.05, 3.63) is 65.7 Å². The molecule has 0 radical (unpaired) electrons. The number of carbonyl (C=O) groups excluding carboxylic acids is 1. The Labute approximate surface area is 175 Å². The van der Waals surface area contributed by atoms with E-state index in [4.69, 9.17) is 0 Å². The topological polar surface area (TPSA) is 61.0 Å². The lowest BCUT2D eigenvalue weighted by atomic mass is 9.63. The van der Waals surface area contributed by atoms with E-state index in [9.17, 15) is 9.18 Å². The number of H-pyrrole nitrogens is 1. The number of fused-ring (bicyclic) bond motifs is 2. The van der Waals surface area contributed by atoms with Crippen molar-refractivity contribution in [1.82, 2.24) is 20.2 Å². The summed E-state index contributed by atoms with van der Waals surface area (Å²) in [5, 5.41) is 3.61. The molecule has 2 saturated carbocycles. The lowest BCUT2D eigenvalue weighted by Crippen LogP contribution is -2.68. The zero-order valence-electron chi connectivity index (χ0n) is 17.2. The first kappa shape index (κ1) is 19.2. The number of halogens is 1. The van der Waals surface area contributed by atoms with E-state index in [-0.39, 0.29) is 17.3 Å². The molecule has 2 aromatic carbocycles. The van der Waals surface area contributed by atoms with Gasteiger partial charge in [-0.05, 0) is 61.9 Å². The van der Waals surface area contributed by atoms with Crippen LogP contribution in [-0.2, 0) is 6.54 Å². The molecule has 2 N–H and O–H groups in total. The van der Waals surface area contributed by atoms with Crippen LogP contribution in [0.2, 0.25) is 0 Å². The molecule has 0 bridgehead atoms. The number of nitrogens with one attached hydrogen (secondary N) is 2. The zero-order valence-corrected chi connectivity index (χ0v) is 17.2. The Balaban J connectivity index is 1.32. The summed E-state index contributed by atoms with van der Waals surface area (Å²) in [4.78, 5) is 23.2. The van der Waals surface area contributed by atoms with E-state index in [0.29, 0.717) is 30.9 Å². The average Bonchev–Trinajstić information content (AvgIpc) is 3.31. The van der Waals surface area contributed by atoms with Crippen LogP contribution < -0.4 is 5.32 Å². The van der Waals surface area contributed by atoms with E-state index in [2.05, 4.69) is 22.2 Å². The molecule has 6 heteroatoms. The number of imidazole rings is 1. The highest BCUT2D eigenvalue weighted by Crippen LogP contribution is 2.54. The van der Waals surface area contributed by atoms with Crippen LogP contribution in [0.4, 0.5) is 4.39 Å². The first-order chi connectivity index (χ1) is 14.6. The number of carbonyl (C=O) groups is 1. The fourth-order valence-corrected chi connectivity index (χ4v) is 5.67. The molecule has 5 rings (SSSR count). The quantitative estimate of drug-likeness (QED) is 0.643. The van der Waals surface area contributed by atoms with Gasteiger partial charge in [0, 0.05) is 24.7 Å². The van der Waals surface area contributed by atoms with Gasteiger partial charge in [0.2, 0.25) is 0 Å². The molecule has 156 valence electrons. The molecule has 2 fully saturated rings. The predicted octanol–water partition coefficient (Wildman–Crippen LogP) is 4.27. The Bertz CT molecular complexity index is 1050. The maximum atomic E-state index is 13.5. The van der Waals surface area contributed by atoms with Crippen molar-refractivity contribution in [2.24, 2.45) is 5.92 Å². The van der Waals surface area contributed by atoms with Crippen molar-refractivity contribution in [1.29, 1.82) is 0 Å². The summed E-state index contributed by atoms with van der Waals surface area (Å²) in [5.41, 5.74) is 2.57. The van der Waals surface area contributed by atoms with E-state index in [0.717, 1.165) is 42.3 Å². The molecule has 1 heterocycles. The van der Waals surface area contributed by atoms with E-state index in [1.165, 1.54) is 6.07 Å². The Kier molecular flexibility index (Phi) is 4.82. The highest BCUT2D eigenvalue weighted by Gasteiger charge is 2.60. The van der Waals surface area contributed by atoms with Gasteiger partial charge in [-0.1, -0.05) is 30.7 Å². The van der Waals surface area contributed by atoms with Crippen molar-refractivity contribution in [2.45, 2.75) is 50.7 Å². The lowest BCUT2D eigenvalue weighted by Gasteiger charge is -2.57. The molecule has 2 aliphatic carbocycles. The molecule has 3 atom stereocenters. The average molecular weight is 407 g/mol. The molecule has 0 spiro atoms. The Morgan fingerprint density at radius 2 is 2.17 bits per heavy atom. The van der Waals surface area contributed by atoms with Gasteiger partial charge >= 0.3 is 0 Å². The van der Waals surface area contributed by atoms with Gasteiger partial charge in [0.15, 0.2) is 5.82 Å². The molecule has 0 saturated heterocycles. The van der Waals surface area contributed by atoms with Crippen LogP contribution >= 0.6 is 0 Å². The van der Waals surface area contributed by atoms with Crippen LogP contribution in [0.1, 0.15) is 48.8 Å². The number of aromatic nitrogens is 2. The largest absolute Gasteiger partial charge is 0.334 e. The minimum atomic E-state index is -0.202. The van der Waals surface area contributed by atoms with Gasteiger partial charge < -0.3 is 15.2 Å². The zero-order chi connectivity index (χ0) is 20.7. The molecular weight excluding hydrogens is 379 g/mol. The summed E-state index contributed by atoms with van der Waals surface area (Å²) in [6.07, 6.45) is 4.22. The lowest BCUT2D eigenvalue weighted by molar-refractivity contribution is -0.0344. The van der Waals surface area contributed by atoms with Gasteiger partial charge in [0.1, 0.15) is 5.82 Å². The molecule has 1 aromatic heterocycles. The third-order valence-electron chi connectivity index (χ3n) is 7.02. The third-order valence-corrected chi connectivity index (χ3v) is 7.02. The SMILES string of the molecule is CCN(C(=O)c1nc2ccccc2[nH]1)[C@@]12CCCC1[C@@H](NCc1cccc(F)c1)C2. The summed E-state index contributed by atoms with van der Waals surface area (Å²) < 4.78 is 13.5. The van der Waals surface area contributed by atoms with Crippen molar-refractivity contribution in [3.8, 4) is 0 Å². The van der Waals surface area contributed by atoms with Gasteiger partial charge in [0.25, 0.3) is 5.91 Å². The predicted molar refractivity (Wildman–Crippen MR) is 115 cm³/mol. The highest BCUT2D eigenvalue weighted by molar-refractivity contribution is 5.94. The standard InChI is InChI=1S/C24H27FN4O/c1-2-29(23(30)22-27-19-10-3-4-11-20(19)28-22)24-12-6-9-18(24)21(14-24)26-15-16-7-5-8-17(25)13-16/h3-5,7-8,10-11,13,18,21,26H,2,6,9,12,14-15H2,1H3,(H,27,28)/t18?,21-,24+/m0/s1. The maximum absolute atomic E-state index is 13.5. The molecule has 5 nitrogen and oxygen atoms in total. The fraction of sp³-hybridized carbons (Fsp3) is 0.417. The van der Waals surface area contributed by atoms with Gasteiger partial charge in [0.05, 0.1) is 11.0 Å². The summed E-state index contributed by atoms with van der Waals surface area (Å²) in [6.45, 7) is 3.37. The van der Waals surface area contributed by atoms with Crippen LogP contribution in [0.15, 0.2) is 48.5 Å². The number of benzene rings is 2.